The van der Waals surface area contributed by atoms with Crippen molar-refractivity contribution in [1.82, 2.24) is 9.97 Å². The summed E-state index contributed by atoms with van der Waals surface area (Å²) < 4.78 is 41.1. The second kappa shape index (κ2) is 7.50. The van der Waals surface area contributed by atoms with E-state index in [1.54, 1.807) is 13.2 Å². The van der Waals surface area contributed by atoms with Crippen molar-refractivity contribution in [2.75, 3.05) is 7.11 Å². The highest BCUT2D eigenvalue weighted by molar-refractivity contribution is 5.94. The Morgan fingerprint density at radius 1 is 1.03 bits per heavy atom. The zero-order valence-corrected chi connectivity index (χ0v) is 18.4. The largest absolute Gasteiger partial charge is 0.586 e. The topological polar surface area (TPSA) is 70.5 Å². The van der Waals surface area contributed by atoms with Crippen molar-refractivity contribution in [3.63, 3.8) is 0 Å². The summed E-state index contributed by atoms with van der Waals surface area (Å²) in [6.07, 6.45) is -2.24. The van der Waals surface area contributed by atoms with Crippen LogP contribution in [0.3, 0.4) is 0 Å². The van der Waals surface area contributed by atoms with Crippen molar-refractivity contribution in [2.45, 2.75) is 44.8 Å². The molecule has 0 unspecified atom stereocenters. The lowest BCUT2D eigenvalue weighted by atomic mass is 9.88. The lowest BCUT2D eigenvalue weighted by Gasteiger charge is -2.16. The number of Topliss-reactive ketones (excluding diaryl/α,β-unsaturated/α-hetero) is 1. The van der Waals surface area contributed by atoms with Crippen LogP contribution in [0.15, 0.2) is 42.5 Å². The molecule has 6 nitrogen and oxygen atoms in total. The molecule has 0 radical (unpaired) electrons. The molecule has 0 spiro atoms. The molecule has 3 heterocycles. The minimum absolute atomic E-state index is 0.00100. The molecule has 3 aromatic rings. The van der Waals surface area contributed by atoms with Crippen LogP contribution >= 0.6 is 0 Å². The molecule has 0 saturated heterocycles. The van der Waals surface area contributed by atoms with Crippen LogP contribution < -0.4 is 14.2 Å². The molecular formula is C25H22F2N2O4. The predicted molar refractivity (Wildman–Crippen MR) is 116 cm³/mol. The number of pyridine rings is 2. The van der Waals surface area contributed by atoms with Gasteiger partial charge < -0.3 is 14.2 Å². The van der Waals surface area contributed by atoms with Gasteiger partial charge in [0.1, 0.15) is 5.78 Å². The summed E-state index contributed by atoms with van der Waals surface area (Å²) >= 11 is 0. The Kier molecular flexibility index (Phi) is 4.84. The monoisotopic (exact) mass is 452 g/mol. The van der Waals surface area contributed by atoms with Crippen LogP contribution in [0.4, 0.5) is 8.78 Å². The van der Waals surface area contributed by atoms with E-state index in [1.807, 2.05) is 38.1 Å². The van der Waals surface area contributed by atoms with Gasteiger partial charge in [0.25, 0.3) is 0 Å². The zero-order valence-electron chi connectivity index (χ0n) is 18.4. The highest BCUT2D eigenvalue weighted by Crippen LogP contribution is 2.52. The Bertz CT molecular complexity index is 1270. The molecule has 8 heteroatoms. The van der Waals surface area contributed by atoms with E-state index in [4.69, 9.17) is 9.72 Å². The van der Waals surface area contributed by atoms with Gasteiger partial charge in [-0.3, -0.25) is 9.78 Å². The van der Waals surface area contributed by atoms with E-state index in [9.17, 15) is 13.6 Å². The lowest BCUT2D eigenvalue weighted by Crippen LogP contribution is -2.26. The minimum atomic E-state index is -3.68. The van der Waals surface area contributed by atoms with Crippen LogP contribution in [-0.4, -0.2) is 29.2 Å². The number of benzene rings is 1. The molecule has 1 saturated carbocycles. The third-order valence-electron chi connectivity index (χ3n) is 6.15. The maximum absolute atomic E-state index is 13.4. The summed E-state index contributed by atoms with van der Waals surface area (Å²) in [4.78, 5) is 22.4. The smallest absolute Gasteiger partial charge is 0.481 e. The number of carbonyl (C=O) groups excluding carboxylic acids is 1. The SMILES string of the molecule is COc1cc(-c2nc(CC(=O)C3(c4ccc5c(c4)OC(F)(F)O5)CC3)ccc2C)cc(C)n1. The van der Waals surface area contributed by atoms with Gasteiger partial charge in [-0.05, 0) is 62.1 Å². The van der Waals surface area contributed by atoms with E-state index in [-0.39, 0.29) is 23.7 Å². The minimum Gasteiger partial charge on any atom is -0.481 e. The molecule has 2 aromatic heterocycles. The van der Waals surface area contributed by atoms with Crippen LogP contribution in [0.2, 0.25) is 0 Å². The third-order valence-corrected chi connectivity index (χ3v) is 6.15. The number of hydrogen-bond acceptors (Lipinski definition) is 6. The van der Waals surface area contributed by atoms with Gasteiger partial charge in [-0.1, -0.05) is 12.1 Å². The number of aromatic nitrogens is 2. The molecule has 170 valence electrons. The number of ketones is 1. The Hall–Kier alpha value is -3.55. The van der Waals surface area contributed by atoms with E-state index in [0.717, 1.165) is 22.5 Å². The molecular weight excluding hydrogens is 430 g/mol. The predicted octanol–water partition coefficient (Wildman–Crippen LogP) is 4.93. The summed E-state index contributed by atoms with van der Waals surface area (Å²) in [6, 6.07) is 12.1. The van der Waals surface area contributed by atoms with E-state index in [2.05, 4.69) is 14.5 Å². The average Bonchev–Trinajstić information content (AvgIpc) is 3.51. The van der Waals surface area contributed by atoms with E-state index in [0.29, 0.717) is 30.0 Å². The Morgan fingerprint density at radius 2 is 1.79 bits per heavy atom. The van der Waals surface area contributed by atoms with Crippen molar-refractivity contribution >= 4 is 5.78 Å². The maximum atomic E-state index is 13.4. The first-order chi connectivity index (χ1) is 15.7. The molecule has 2 aliphatic rings. The normalized spacial score (nSPS) is 17.0. The number of hydrogen-bond donors (Lipinski definition) is 0. The summed E-state index contributed by atoms with van der Waals surface area (Å²) in [5.41, 5.74) is 4.00. The van der Waals surface area contributed by atoms with Crippen LogP contribution in [0.1, 0.15) is 35.4 Å². The molecule has 1 aliphatic carbocycles. The van der Waals surface area contributed by atoms with Gasteiger partial charge in [0.2, 0.25) is 5.88 Å². The highest BCUT2D eigenvalue weighted by Gasteiger charge is 2.52. The molecule has 5 rings (SSSR count). The first-order valence-electron chi connectivity index (χ1n) is 10.6. The van der Waals surface area contributed by atoms with Gasteiger partial charge in [-0.25, -0.2) is 4.98 Å². The fourth-order valence-electron chi connectivity index (χ4n) is 4.27. The van der Waals surface area contributed by atoms with Crippen molar-refractivity contribution in [2.24, 2.45) is 0 Å². The van der Waals surface area contributed by atoms with Crippen LogP contribution in [0.5, 0.6) is 17.4 Å². The molecule has 1 aliphatic heterocycles. The molecule has 33 heavy (non-hydrogen) atoms. The first-order valence-corrected chi connectivity index (χ1v) is 10.6. The fraction of sp³-hybridized carbons (Fsp3) is 0.320. The number of alkyl halides is 2. The van der Waals surface area contributed by atoms with Gasteiger partial charge in [-0.15, -0.1) is 8.78 Å². The van der Waals surface area contributed by atoms with Gasteiger partial charge in [0, 0.05) is 29.4 Å². The van der Waals surface area contributed by atoms with Crippen molar-refractivity contribution in [1.29, 1.82) is 0 Å². The van der Waals surface area contributed by atoms with Crippen LogP contribution in [0, 0.1) is 13.8 Å². The van der Waals surface area contributed by atoms with E-state index < -0.39 is 11.7 Å². The highest BCUT2D eigenvalue weighted by atomic mass is 19.3. The van der Waals surface area contributed by atoms with Crippen molar-refractivity contribution in [3.05, 3.63) is 65.0 Å². The quantitative estimate of drug-likeness (QED) is 0.528. The van der Waals surface area contributed by atoms with Gasteiger partial charge in [0.15, 0.2) is 11.5 Å². The third kappa shape index (κ3) is 3.90. The maximum Gasteiger partial charge on any atom is 0.586 e. The number of fused-ring (bicyclic) bond motifs is 1. The number of rotatable bonds is 6. The average molecular weight is 452 g/mol. The number of halogens is 2. The second-order valence-electron chi connectivity index (χ2n) is 8.52. The summed E-state index contributed by atoms with van der Waals surface area (Å²) in [7, 11) is 1.56. The standard InChI is InChI=1S/C25H22F2N2O4/c1-14-4-6-18(29-23(14)16-10-15(2)28-22(11-16)31-3)13-21(30)24(8-9-24)17-5-7-19-20(12-17)33-25(26,27)32-19/h4-7,10-12H,8-9,13H2,1-3H3. The molecule has 1 fully saturated rings. The molecule has 1 aromatic carbocycles. The zero-order chi connectivity index (χ0) is 23.4. The van der Waals surface area contributed by atoms with Crippen molar-refractivity contribution < 1.29 is 27.8 Å². The summed E-state index contributed by atoms with van der Waals surface area (Å²) in [5, 5.41) is 0. The molecule has 0 atom stereocenters. The fourth-order valence-corrected chi connectivity index (χ4v) is 4.27. The number of methoxy groups -OCH3 is 1. The van der Waals surface area contributed by atoms with Gasteiger partial charge in [0.05, 0.1) is 18.2 Å². The Morgan fingerprint density at radius 3 is 2.52 bits per heavy atom. The second-order valence-corrected chi connectivity index (χ2v) is 8.52. The summed E-state index contributed by atoms with van der Waals surface area (Å²) in [5.74, 6) is 0.422. The Labute approximate surface area is 189 Å². The van der Waals surface area contributed by atoms with Crippen molar-refractivity contribution in [3.8, 4) is 28.6 Å². The van der Waals surface area contributed by atoms with Crippen LogP contribution in [-0.2, 0) is 16.6 Å². The molecule has 0 bridgehead atoms. The number of nitrogens with zero attached hydrogens (tertiary/aromatic N) is 2. The van der Waals surface area contributed by atoms with Gasteiger partial charge >= 0.3 is 6.29 Å². The first kappa shape index (κ1) is 21.3. The number of aryl methyl sites for hydroxylation is 2. The summed E-state index contributed by atoms with van der Waals surface area (Å²) in [6.45, 7) is 3.84. The lowest BCUT2D eigenvalue weighted by molar-refractivity contribution is -0.286. The Balaban J connectivity index is 1.41. The van der Waals surface area contributed by atoms with E-state index >= 15 is 0 Å². The molecule has 0 amide bonds. The molecule has 0 N–H and O–H groups in total. The van der Waals surface area contributed by atoms with Gasteiger partial charge in [-0.2, -0.15) is 0 Å². The number of ether oxygens (including phenoxy) is 3. The van der Waals surface area contributed by atoms with E-state index in [1.165, 1.54) is 12.1 Å². The number of carbonyl (C=O) groups is 1. The van der Waals surface area contributed by atoms with Crippen LogP contribution in [0.25, 0.3) is 11.3 Å².